The summed E-state index contributed by atoms with van der Waals surface area (Å²) >= 11 is 0. The zero-order valence-corrected chi connectivity index (χ0v) is 10.7. The van der Waals surface area contributed by atoms with Crippen molar-refractivity contribution in [3.05, 3.63) is 0 Å². The van der Waals surface area contributed by atoms with Crippen LogP contribution in [0.25, 0.3) is 0 Å². The normalized spacial score (nSPS) is 20.4. The molecule has 0 heterocycles. The Morgan fingerprint density at radius 1 is 1.25 bits per heavy atom. The summed E-state index contributed by atoms with van der Waals surface area (Å²) in [4.78, 5) is 2.15. The maximum absolute atomic E-state index is 9.21. The maximum Gasteiger partial charge on any atom is 0.0981 e. The molecule has 0 bridgehead atoms. The number of likely N-dealkylation sites (N-methyl/N-ethyl adjacent to an activating group) is 1. The summed E-state index contributed by atoms with van der Waals surface area (Å²) in [6.45, 7) is 1.92. The van der Waals surface area contributed by atoms with E-state index in [1.165, 1.54) is 38.5 Å². The van der Waals surface area contributed by atoms with Gasteiger partial charge in [0.2, 0.25) is 0 Å². The first-order chi connectivity index (χ1) is 7.74. The Kier molecular flexibility index (Phi) is 6.44. The standard InChI is InChI=1S/C13H25N3/c1-16(2)10-9-15-13(11-14)12-7-5-3-4-6-8-12/h12-13,15H,3-10H2,1-2H3. The second kappa shape index (κ2) is 7.65. The van der Waals surface area contributed by atoms with Crippen LogP contribution in [0, 0.1) is 17.2 Å². The third-order valence-corrected chi connectivity index (χ3v) is 3.43. The fourth-order valence-corrected chi connectivity index (χ4v) is 2.41. The van der Waals surface area contributed by atoms with Crippen molar-refractivity contribution >= 4 is 0 Å². The highest BCUT2D eigenvalue weighted by atomic mass is 15.1. The summed E-state index contributed by atoms with van der Waals surface area (Å²) in [6, 6.07) is 2.51. The van der Waals surface area contributed by atoms with Crippen molar-refractivity contribution in [1.29, 1.82) is 5.26 Å². The number of nitrogens with one attached hydrogen (secondary N) is 1. The lowest BCUT2D eigenvalue weighted by Gasteiger charge is -2.22. The van der Waals surface area contributed by atoms with E-state index in [0.29, 0.717) is 5.92 Å². The Balaban J connectivity index is 2.31. The minimum Gasteiger partial charge on any atom is -0.308 e. The van der Waals surface area contributed by atoms with Crippen LogP contribution in [0.2, 0.25) is 0 Å². The Hall–Kier alpha value is -0.590. The van der Waals surface area contributed by atoms with E-state index in [2.05, 4.69) is 30.4 Å². The highest BCUT2D eigenvalue weighted by Crippen LogP contribution is 2.25. The number of hydrogen-bond acceptors (Lipinski definition) is 3. The Bertz CT molecular complexity index is 212. The van der Waals surface area contributed by atoms with E-state index < -0.39 is 0 Å². The average Bonchev–Trinajstić information content (AvgIpc) is 2.52. The van der Waals surface area contributed by atoms with E-state index in [1.807, 2.05) is 0 Å². The Labute approximate surface area is 99.8 Å². The molecule has 0 aromatic rings. The predicted octanol–water partition coefficient (Wildman–Crippen LogP) is 2.00. The fraction of sp³-hybridized carbons (Fsp3) is 0.923. The average molecular weight is 223 g/mol. The topological polar surface area (TPSA) is 39.1 Å². The highest BCUT2D eigenvalue weighted by Gasteiger charge is 2.21. The van der Waals surface area contributed by atoms with Crippen molar-refractivity contribution in [2.45, 2.75) is 44.6 Å². The minimum atomic E-state index is 0.0676. The molecule has 1 atom stereocenters. The molecule has 1 N–H and O–H groups in total. The van der Waals surface area contributed by atoms with Crippen molar-refractivity contribution in [2.24, 2.45) is 5.92 Å². The van der Waals surface area contributed by atoms with Gasteiger partial charge < -0.3 is 10.2 Å². The van der Waals surface area contributed by atoms with E-state index in [-0.39, 0.29) is 6.04 Å². The van der Waals surface area contributed by atoms with Crippen molar-refractivity contribution in [3.8, 4) is 6.07 Å². The highest BCUT2D eigenvalue weighted by molar-refractivity contribution is 4.95. The van der Waals surface area contributed by atoms with Crippen LogP contribution >= 0.6 is 0 Å². The number of hydrogen-bond donors (Lipinski definition) is 1. The largest absolute Gasteiger partial charge is 0.308 e. The molecular formula is C13H25N3. The summed E-state index contributed by atoms with van der Waals surface area (Å²) in [5, 5.41) is 12.6. The lowest BCUT2D eigenvalue weighted by Crippen LogP contribution is -2.38. The number of nitriles is 1. The van der Waals surface area contributed by atoms with Gasteiger partial charge in [0.05, 0.1) is 12.1 Å². The smallest absolute Gasteiger partial charge is 0.0981 e. The lowest BCUT2D eigenvalue weighted by atomic mass is 9.93. The summed E-state index contributed by atoms with van der Waals surface area (Å²) in [7, 11) is 4.13. The third-order valence-electron chi connectivity index (χ3n) is 3.43. The van der Waals surface area contributed by atoms with Gasteiger partial charge in [-0.15, -0.1) is 0 Å². The van der Waals surface area contributed by atoms with E-state index in [4.69, 9.17) is 0 Å². The molecule has 1 aliphatic rings. The van der Waals surface area contributed by atoms with Gasteiger partial charge in [-0.05, 0) is 32.9 Å². The van der Waals surface area contributed by atoms with Crippen LogP contribution in [-0.2, 0) is 0 Å². The molecule has 0 aromatic carbocycles. The molecule has 1 saturated carbocycles. The van der Waals surface area contributed by atoms with Gasteiger partial charge in [-0.2, -0.15) is 5.26 Å². The number of nitrogens with zero attached hydrogens (tertiary/aromatic N) is 2. The van der Waals surface area contributed by atoms with Crippen LogP contribution in [-0.4, -0.2) is 38.1 Å². The Morgan fingerprint density at radius 2 is 1.88 bits per heavy atom. The summed E-state index contributed by atoms with van der Waals surface area (Å²) in [5.41, 5.74) is 0. The molecule has 0 aliphatic heterocycles. The van der Waals surface area contributed by atoms with Gasteiger partial charge in [-0.3, -0.25) is 0 Å². The molecule has 1 rings (SSSR count). The minimum absolute atomic E-state index is 0.0676. The zero-order chi connectivity index (χ0) is 11.8. The Morgan fingerprint density at radius 3 is 2.38 bits per heavy atom. The maximum atomic E-state index is 9.21. The van der Waals surface area contributed by atoms with Gasteiger partial charge in [0.1, 0.15) is 0 Å². The summed E-state index contributed by atoms with van der Waals surface area (Å²) in [5.74, 6) is 0.578. The number of rotatable bonds is 5. The molecule has 1 fully saturated rings. The van der Waals surface area contributed by atoms with Crippen LogP contribution in [0.1, 0.15) is 38.5 Å². The first-order valence-corrected chi connectivity index (χ1v) is 6.51. The van der Waals surface area contributed by atoms with Gasteiger partial charge in [-0.1, -0.05) is 25.7 Å². The molecule has 92 valence electrons. The van der Waals surface area contributed by atoms with Crippen LogP contribution in [0.15, 0.2) is 0 Å². The van der Waals surface area contributed by atoms with Crippen LogP contribution < -0.4 is 5.32 Å². The molecular weight excluding hydrogens is 198 g/mol. The van der Waals surface area contributed by atoms with E-state index in [0.717, 1.165) is 13.1 Å². The molecule has 3 nitrogen and oxygen atoms in total. The van der Waals surface area contributed by atoms with E-state index in [9.17, 15) is 5.26 Å². The van der Waals surface area contributed by atoms with Crippen LogP contribution in [0.3, 0.4) is 0 Å². The third kappa shape index (κ3) is 4.96. The molecule has 0 radical (unpaired) electrons. The molecule has 0 amide bonds. The SMILES string of the molecule is CN(C)CCNC(C#N)C1CCCCCC1. The quantitative estimate of drug-likeness (QED) is 0.725. The molecule has 0 saturated heterocycles. The monoisotopic (exact) mass is 223 g/mol. The second-order valence-electron chi connectivity index (χ2n) is 5.12. The van der Waals surface area contributed by atoms with Gasteiger partial charge in [0.15, 0.2) is 0 Å². The molecule has 0 aromatic heterocycles. The van der Waals surface area contributed by atoms with Crippen molar-refractivity contribution in [3.63, 3.8) is 0 Å². The van der Waals surface area contributed by atoms with Crippen molar-refractivity contribution in [2.75, 3.05) is 27.2 Å². The van der Waals surface area contributed by atoms with Gasteiger partial charge >= 0.3 is 0 Å². The van der Waals surface area contributed by atoms with Gasteiger partial charge in [0, 0.05) is 13.1 Å². The fourth-order valence-electron chi connectivity index (χ4n) is 2.41. The van der Waals surface area contributed by atoms with Crippen molar-refractivity contribution in [1.82, 2.24) is 10.2 Å². The first-order valence-electron chi connectivity index (χ1n) is 6.51. The van der Waals surface area contributed by atoms with Gasteiger partial charge in [0.25, 0.3) is 0 Å². The van der Waals surface area contributed by atoms with Crippen molar-refractivity contribution < 1.29 is 0 Å². The second-order valence-corrected chi connectivity index (χ2v) is 5.12. The van der Waals surface area contributed by atoms with E-state index >= 15 is 0 Å². The molecule has 3 heteroatoms. The molecule has 1 aliphatic carbocycles. The summed E-state index contributed by atoms with van der Waals surface area (Å²) in [6.07, 6.45) is 7.77. The summed E-state index contributed by atoms with van der Waals surface area (Å²) < 4.78 is 0. The lowest BCUT2D eigenvalue weighted by molar-refractivity contribution is 0.341. The van der Waals surface area contributed by atoms with E-state index in [1.54, 1.807) is 0 Å². The van der Waals surface area contributed by atoms with Gasteiger partial charge in [-0.25, -0.2) is 0 Å². The predicted molar refractivity (Wildman–Crippen MR) is 67.1 cm³/mol. The molecule has 1 unspecified atom stereocenters. The zero-order valence-electron chi connectivity index (χ0n) is 10.7. The van der Waals surface area contributed by atoms with Crippen LogP contribution in [0.5, 0.6) is 0 Å². The van der Waals surface area contributed by atoms with Crippen LogP contribution in [0.4, 0.5) is 0 Å². The first kappa shape index (κ1) is 13.5. The molecule has 16 heavy (non-hydrogen) atoms. The molecule has 0 spiro atoms.